The topological polar surface area (TPSA) is 61.5 Å². The molecule has 0 saturated carbocycles. The van der Waals surface area contributed by atoms with Crippen molar-refractivity contribution in [3.8, 4) is 0 Å². The molecule has 0 spiro atoms. The van der Waals surface area contributed by atoms with Gasteiger partial charge in [0.2, 0.25) is 0 Å². The predicted molar refractivity (Wildman–Crippen MR) is 71.7 cm³/mol. The van der Waals surface area contributed by atoms with Crippen molar-refractivity contribution in [1.82, 2.24) is 14.7 Å². The molecule has 0 bridgehead atoms. The summed E-state index contributed by atoms with van der Waals surface area (Å²) < 4.78 is 38.8. The van der Waals surface area contributed by atoms with Crippen LogP contribution in [0.25, 0.3) is 0 Å². The van der Waals surface area contributed by atoms with Crippen LogP contribution in [0, 0.1) is 13.8 Å². The van der Waals surface area contributed by atoms with Crippen LogP contribution in [-0.2, 0) is 13.6 Å². The fraction of sp³-hybridized carbons (Fsp3) is 0.769. The third-order valence-corrected chi connectivity index (χ3v) is 3.43. The molecule has 0 saturated heterocycles. The maximum atomic E-state index is 12.4. The Labute approximate surface area is 122 Å². The highest BCUT2D eigenvalue weighted by molar-refractivity contribution is 5.24. The average molecular weight is 309 g/mol. The quantitative estimate of drug-likeness (QED) is 0.793. The molecule has 2 N–H and O–H groups in total. The van der Waals surface area contributed by atoms with Crippen molar-refractivity contribution in [3.05, 3.63) is 17.0 Å². The zero-order chi connectivity index (χ0) is 16.2. The summed E-state index contributed by atoms with van der Waals surface area (Å²) in [7, 11) is 1.77. The number of halogens is 3. The zero-order valence-electron chi connectivity index (χ0n) is 12.5. The molecular weight excluding hydrogens is 287 g/mol. The molecule has 1 aromatic rings. The molecule has 0 aliphatic carbocycles. The zero-order valence-corrected chi connectivity index (χ0v) is 12.5. The van der Waals surface area contributed by atoms with Gasteiger partial charge in [-0.3, -0.25) is 9.58 Å². The van der Waals surface area contributed by atoms with Crippen molar-refractivity contribution < 1.29 is 23.4 Å². The molecular formula is C13H22F3N3O2. The SMILES string of the molecule is Cc1nn(C)c(C)c1CN(CCC(F)(F)F)C[C@H](O)CO. The van der Waals surface area contributed by atoms with E-state index in [9.17, 15) is 18.3 Å². The first-order valence-corrected chi connectivity index (χ1v) is 6.71. The summed E-state index contributed by atoms with van der Waals surface area (Å²) >= 11 is 0. The number of nitrogens with zero attached hydrogens (tertiary/aromatic N) is 3. The second kappa shape index (κ2) is 7.24. The summed E-state index contributed by atoms with van der Waals surface area (Å²) in [4.78, 5) is 1.49. The molecule has 1 aromatic heterocycles. The summed E-state index contributed by atoms with van der Waals surface area (Å²) in [5.41, 5.74) is 2.48. The van der Waals surface area contributed by atoms with E-state index < -0.39 is 25.3 Å². The van der Waals surface area contributed by atoms with E-state index >= 15 is 0 Å². The highest BCUT2D eigenvalue weighted by Gasteiger charge is 2.28. The molecule has 122 valence electrons. The second-order valence-corrected chi connectivity index (χ2v) is 5.21. The number of aryl methyl sites for hydroxylation is 2. The van der Waals surface area contributed by atoms with Gasteiger partial charge in [-0.2, -0.15) is 18.3 Å². The van der Waals surface area contributed by atoms with Gasteiger partial charge in [-0.25, -0.2) is 0 Å². The van der Waals surface area contributed by atoms with Gasteiger partial charge in [-0.05, 0) is 13.8 Å². The van der Waals surface area contributed by atoms with Crippen LogP contribution in [0.3, 0.4) is 0 Å². The van der Waals surface area contributed by atoms with Gasteiger partial charge in [-0.15, -0.1) is 0 Å². The number of aromatic nitrogens is 2. The number of hydrogen-bond acceptors (Lipinski definition) is 4. The Balaban J connectivity index is 2.80. The molecule has 1 rings (SSSR count). The molecule has 0 unspecified atom stereocenters. The summed E-state index contributed by atoms with van der Waals surface area (Å²) in [5.74, 6) is 0. The maximum Gasteiger partial charge on any atom is 0.390 e. The minimum absolute atomic E-state index is 0.0135. The molecule has 0 aliphatic rings. The van der Waals surface area contributed by atoms with Crippen LogP contribution in [0.4, 0.5) is 13.2 Å². The number of aliphatic hydroxyl groups is 2. The summed E-state index contributed by atoms with van der Waals surface area (Å²) in [5, 5.41) is 22.6. The summed E-state index contributed by atoms with van der Waals surface area (Å²) in [6.45, 7) is 3.19. The predicted octanol–water partition coefficient (Wildman–Crippen LogP) is 1.14. The van der Waals surface area contributed by atoms with Crippen LogP contribution < -0.4 is 0 Å². The van der Waals surface area contributed by atoms with Crippen molar-refractivity contribution in [2.45, 2.75) is 39.1 Å². The molecule has 8 heteroatoms. The molecule has 0 amide bonds. The first kappa shape index (κ1) is 17.9. The van der Waals surface area contributed by atoms with Crippen LogP contribution in [-0.4, -0.2) is 56.9 Å². The standard InChI is InChI=1S/C13H22F3N3O2/c1-9-12(10(2)18(3)17-9)7-19(6-11(21)8-20)5-4-13(14,15)16/h11,20-21H,4-8H2,1-3H3/t11-/m0/s1. The van der Waals surface area contributed by atoms with Gasteiger partial charge in [-0.1, -0.05) is 0 Å². The largest absolute Gasteiger partial charge is 0.394 e. The molecule has 0 fully saturated rings. The van der Waals surface area contributed by atoms with Gasteiger partial charge in [0.15, 0.2) is 0 Å². The lowest BCUT2D eigenvalue weighted by molar-refractivity contribution is -0.139. The molecule has 0 aliphatic heterocycles. The van der Waals surface area contributed by atoms with Gasteiger partial charge in [0.25, 0.3) is 0 Å². The molecule has 0 radical (unpaired) electrons. The second-order valence-electron chi connectivity index (χ2n) is 5.21. The van der Waals surface area contributed by atoms with Crippen molar-refractivity contribution in [2.75, 3.05) is 19.7 Å². The first-order chi connectivity index (χ1) is 9.64. The van der Waals surface area contributed by atoms with E-state index in [-0.39, 0.29) is 19.6 Å². The van der Waals surface area contributed by atoms with Gasteiger partial charge < -0.3 is 10.2 Å². The fourth-order valence-electron chi connectivity index (χ4n) is 2.15. The van der Waals surface area contributed by atoms with Crippen LogP contribution in [0.1, 0.15) is 23.4 Å². The normalized spacial score (nSPS) is 14.0. The van der Waals surface area contributed by atoms with Crippen molar-refractivity contribution in [1.29, 1.82) is 0 Å². The van der Waals surface area contributed by atoms with Crippen molar-refractivity contribution in [3.63, 3.8) is 0 Å². The number of hydrogen-bond donors (Lipinski definition) is 2. The third-order valence-electron chi connectivity index (χ3n) is 3.43. The van der Waals surface area contributed by atoms with Crippen LogP contribution in [0.5, 0.6) is 0 Å². The van der Waals surface area contributed by atoms with E-state index in [1.807, 2.05) is 6.92 Å². The maximum absolute atomic E-state index is 12.4. The van der Waals surface area contributed by atoms with Gasteiger partial charge >= 0.3 is 6.18 Å². The van der Waals surface area contributed by atoms with E-state index in [1.165, 1.54) is 4.90 Å². The first-order valence-electron chi connectivity index (χ1n) is 6.71. The van der Waals surface area contributed by atoms with Gasteiger partial charge in [0.1, 0.15) is 0 Å². The van der Waals surface area contributed by atoms with E-state index in [1.54, 1.807) is 18.7 Å². The van der Waals surface area contributed by atoms with E-state index in [0.29, 0.717) is 0 Å². The Kier molecular flexibility index (Phi) is 6.18. The Bertz CT molecular complexity index is 460. The van der Waals surface area contributed by atoms with E-state index in [2.05, 4.69) is 5.10 Å². The highest BCUT2D eigenvalue weighted by Crippen LogP contribution is 2.21. The monoisotopic (exact) mass is 309 g/mol. The Morgan fingerprint density at radius 2 is 1.95 bits per heavy atom. The molecule has 0 aromatic carbocycles. The lowest BCUT2D eigenvalue weighted by Gasteiger charge is -2.25. The molecule has 1 heterocycles. The Morgan fingerprint density at radius 3 is 2.38 bits per heavy atom. The highest BCUT2D eigenvalue weighted by atomic mass is 19.4. The molecule has 1 atom stereocenters. The van der Waals surface area contributed by atoms with Gasteiger partial charge in [0, 0.05) is 37.9 Å². The fourth-order valence-corrected chi connectivity index (χ4v) is 2.15. The van der Waals surface area contributed by atoms with Crippen LogP contribution in [0.2, 0.25) is 0 Å². The Morgan fingerprint density at radius 1 is 1.33 bits per heavy atom. The summed E-state index contributed by atoms with van der Waals surface area (Å²) in [6, 6.07) is 0. The van der Waals surface area contributed by atoms with Crippen molar-refractivity contribution >= 4 is 0 Å². The molecule has 5 nitrogen and oxygen atoms in total. The number of rotatable bonds is 7. The van der Waals surface area contributed by atoms with E-state index in [0.717, 1.165) is 17.0 Å². The van der Waals surface area contributed by atoms with Crippen molar-refractivity contribution in [2.24, 2.45) is 7.05 Å². The lowest BCUT2D eigenvalue weighted by atomic mass is 10.1. The minimum atomic E-state index is -4.25. The average Bonchev–Trinajstić information content (AvgIpc) is 2.61. The minimum Gasteiger partial charge on any atom is -0.394 e. The smallest absolute Gasteiger partial charge is 0.390 e. The van der Waals surface area contributed by atoms with Gasteiger partial charge in [0.05, 0.1) is 24.8 Å². The number of alkyl halides is 3. The number of aliphatic hydroxyl groups excluding tert-OH is 2. The summed E-state index contributed by atoms with van der Waals surface area (Å²) in [6.07, 6.45) is -6.26. The third kappa shape index (κ3) is 5.64. The molecule has 21 heavy (non-hydrogen) atoms. The van der Waals surface area contributed by atoms with E-state index in [4.69, 9.17) is 5.11 Å². The Hall–Kier alpha value is -1.12. The van der Waals surface area contributed by atoms with Crippen LogP contribution >= 0.6 is 0 Å². The lowest BCUT2D eigenvalue weighted by Crippen LogP contribution is -2.36. The van der Waals surface area contributed by atoms with Crippen LogP contribution in [0.15, 0.2) is 0 Å².